The minimum Gasteiger partial charge on any atom is -0.339 e. The molecule has 0 amide bonds. The first kappa shape index (κ1) is 9.79. The molecule has 15 heavy (non-hydrogen) atoms. The summed E-state index contributed by atoms with van der Waals surface area (Å²) in [5, 5.41) is 9.56. The number of anilines is 2. The summed E-state index contributed by atoms with van der Waals surface area (Å²) in [6, 6.07) is 8.01. The Bertz CT molecular complexity index is 521. The molecule has 2 N–H and O–H groups in total. The van der Waals surface area contributed by atoms with E-state index in [1.165, 1.54) is 5.56 Å². The molecule has 5 heteroatoms. The quantitative estimate of drug-likeness (QED) is 0.761. The minimum absolute atomic E-state index is 0.368. The van der Waals surface area contributed by atoms with E-state index in [4.69, 9.17) is 12.2 Å². The number of rotatable bonds is 2. The molecule has 1 aromatic heterocycles. The van der Waals surface area contributed by atoms with E-state index in [0.29, 0.717) is 10.6 Å². The number of H-pyrrole nitrogens is 1. The zero-order valence-electron chi connectivity index (χ0n) is 8.19. The zero-order valence-corrected chi connectivity index (χ0v) is 9.01. The third kappa shape index (κ3) is 2.60. The highest BCUT2D eigenvalue weighted by atomic mass is 32.1. The van der Waals surface area contributed by atoms with Gasteiger partial charge < -0.3 is 5.32 Å². The van der Waals surface area contributed by atoms with E-state index in [-0.39, 0.29) is 0 Å². The average molecular weight is 218 g/mol. The molecule has 0 bridgehead atoms. The predicted molar refractivity (Wildman–Crippen MR) is 61.7 cm³/mol. The third-order valence-corrected chi connectivity index (χ3v) is 2.04. The number of aryl methyl sites for hydroxylation is 1. The zero-order chi connectivity index (χ0) is 10.7. The van der Waals surface area contributed by atoms with E-state index >= 15 is 0 Å². The van der Waals surface area contributed by atoms with Crippen molar-refractivity contribution in [2.75, 3.05) is 5.32 Å². The Kier molecular flexibility index (Phi) is 2.73. The van der Waals surface area contributed by atoms with Crippen molar-refractivity contribution in [3.8, 4) is 0 Å². The van der Waals surface area contributed by atoms with Crippen LogP contribution in [0.3, 0.4) is 0 Å². The number of hydrogen-bond acceptors (Lipinski definition) is 4. The number of benzene rings is 1. The lowest BCUT2D eigenvalue weighted by Crippen LogP contribution is -1.96. The van der Waals surface area contributed by atoms with E-state index in [1.54, 1.807) is 6.20 Å². The van der Waals surface area contributed by atoms with Gasteiger partial charge in [0, 0.05) is 5.69 Å². The van der Waals surface area contributed by atoms with Gasteiger partial charge in [0.1, 0.15) is 0 Å². The van der Waals surface area contributed by atoms with Crippen LogP contribution in [0, 0.1) is 11.7 Å². The van der Waals surface area contributed by atoms with Crippen LogP contribution in [0.5, 0.6) is 0 Å². The molecular weight excluding hydrogens is 208 g/mol. The Hall–Kier alpha value is -1.75. The van der Waals surface area contributed by atoms with Crippen molar-refractivity contribution in [3.63, 3.8) is 0 Å². The van der Waals surface area contributed by atoms with Crippen molar-refractivity contribution in [2.24, 2.45) is 0 Å². The van der Waals surface area contributed by atoms with Crippen molar-refractivity contribution in [1.82, 2.24) is 15.2 Å². The Morgan fingerprint density at radius 2 is 2.27 bits per heavy atom. The van der Waals surface area contributed by atoms with Gasteiger partial charge in [0.25, 0.3) is 0 Å². The number of nitrogens with one attached hydrogen (secondary N) is 2. The van der Waals surface area contributed by atoms with Gasteiger partial charge in [0.05, 0.1) is 6.20 Å². The maximum absolute atomic E-state index is 4.87. The van der Waals surface area contributed by atoms with Crippen molar-refractivity contribution in [3.05, 3.63) is 40.8 Å². The predicted octanol–water partition coefficient (Wildman–Crippen LogP) is 2.59. The molecule has 2 aromatic rings. The summed E-state index contributed by atoms with van der Waals surface area (Å²) in [5.74, 6) is 0.643. The summed E-state index contributed by atoms with van der Waals surface area (Å²) in [6.45, 7) is 2.04. The van der Waals surface area contributed by atoms with Gasteiger partial charge in [-0.15, -0.1) is 0 Å². The number of hydrogen-bond donors (Lipinski definition) is 2. The fraction of sp³-hybridized carbons (Fsp3) is 0.100. The first-order valence-electron chi connectivity index (χ1n) is 4.49. The first-order chi connectivity index (χ1) is 7.24. The summed E-state index contributed by atoms with van der Waals surface area (Å²) in [4.78, 5) is 4.08. The van der Waals surface area contributed by atoms with Crippen LogP contribution >= 0.6 is 12.2 Å². The van der Waals surface area contributed by atoms with Gasteiger partial charge >= 0.3 is 0 Å². The lowest BCUT2D eigenvalue weighted by molar-refractivity contribution is 0.953. The van der Waals surface area contributed by atoms with Crippen LogP contribution in [0.25, 0.3) is 0 Å². The summed E-state index contributed by atoms with van der Waals surface area (Å²) in [7, 11) is 0. The summed E-state index contributed by atoms with van der Waals surface area (Å²) in [6.07, 6.45) is 1.60. The van der Waals surface area contributed by atoms with Gasteiger partial charge in [-0.1, -0.05) is 12.1 Å². The first-order valence-corrected chi connectivity index (χ1v) is 4.90. The second-order valence-electron chi connectivity index (χ2n) is 3.17. The molecule has 0 fully saturated rings. The summed E-state index contributed by atoms with van der Waals surface area (Å²) >= 11 is 4.87. The maximum atomic E-state index is 4.87. The highest BCUT2D eigenvalue weighted by Crippen LogP contribution is 2.14. The molecule has 0 atom stereocenters. The molecule has 4 nitrogen and oxygen atoms in total. The number of aromatic amines is 1. The van der Waals surface area contributed by atoms with E-state index in [1.807, 2.05) is 31.2 Å². The molecule has 0 radical (unpaired) electrons. The van der Waals surface area contributed by atoms with Gasteiger partial charge in [-0.2, -0.15) is 10.1 Å². The van der Waals surface area contributed by atoms with E-state index in [0.717, 1.165) is 5.69 Å². The van der Waals surface area contributed by atoms with Gasteiger partial charge in [0.2, 0.25) is 4.77 Å². The average Bonchev–Trinajstić information content (AvgIpc) is 2.17. The molecule has 2 rings (SSSR count). The summed E-state index contributed by atoms with van der Waals surface area (Å²) in [5.41, 5.74) is 2.17. The van der Waals surface area contributed by atoms with Crippen LogP contribution in [-0.2, 0) is 0 Å². The molecule has 0 saturated heterocycles. The highest BCUT2D eigenvalue weighted by molar-refractivity contribution is 7.71. The highest BCUT2D eigenvalue weighted by Gasteiger charge is 1.95. The van der Waals surface area contributed by atoms with Crippen molar-refractivity contribution in [1.29, 1.82) is 0 Å². The van der Waals surface area contributed by atoms with Gasteiger partial charge in [-0.25, -0.2) is 0 Å². The van der Waals surface area contributed by atoms with Crippen LogP contribution in [0.1, 0.15) is 5.56 Å². The largest absolute Gasteiger partial charge is 0.339 e. The van der Waals surface area contributed by atoms with E-state index in [9.17, 15) is 0 Å². The molecule has 1 heterocycles. The lowest BCUT2D eigenvalue weighted by atomic mass is 10.2. The topological polar surface area (TPSA) is 53.6 Å². The van der Waals surface area contributed by atoms with Crippen molar-refractivity contribution in [2.45, 2.75) is 6.92 Å². The Balaban J connectivity index is 2.26. The smallest absolute Gasteiger partial charge is 0.215 e. The molecule has 0 spiro atoms. The fourth-order valence-corrected chi connectivity index (χ4v) is 1.39. The van der Waals surface area contributed by atoms with Crippen molar-refractivity contribution < 1.29 is 0 Å². The monoisotopic (exact) mass is 218 g/mol. The van der Waals surface area contributed by atoms with Crippen molar-refractivity contribution >= 4 is 23.7 Å². The normalized spacial score (nSPS) is 9.93. The third-order valence-electron chi connectivity index (χ3n) is 1.86. The Labute approximate surface area is 92.4 Å². The molecule has 0 unspecified atom stereocenters. The van der Waals surface area contributed by atoms with Gasteiger partial charge in [0.15, 0.2) is 5.82 Å². The minimum atomic E-state index is 0.368. The van der Waals surface area contributed by atoms with Crippen LogP contribution in [0.15, 0.2) is 30.5 Å². The molecule has 0 aliphatic heterocycles. The van der Waals surface area contributed by atoms with Crippen LogP contribution in [-0.4, -0.2) is 15.2 Å². The summed E-state index contributed by atoms with van der Waals surface area (Å²) < 4.78 is 0.368. The van der Waals surface area contributed by atoms with E-state index in [2.05, 4.69) is 20.5 Å². The molecular formula is C10H10N4S. The van der Waals surface area contributed by atoms with Gasteiger partial charge in [-0.3, -0.25) is 5.10 Å². The number of aromatic nitrogens is 3. The molecule has 0 aliphatic carbocycles. The van der Waals surface area contributed by atoms with Crippen LogP contribution < -0.4 is 5.32 Å². The van der Waals surface area contributed by atoms with Crippen LogP contribution in [0.4, 0.5) is 11.5 Å². The molecule has 1 aromatic carbocycles. The maximum Gasteiger partial charge on any atom is 0.215 e. The molecule has 0 aliphatic rings. The Morgan fingerprint density at radius 1 is 1.40 bits per heavy atom. The lowest BCUT2D eigenvalue weighted by Gasteiger charge is -2.04. The SMILES string of the molecule is Cc1cccc(Nc2cn[nH]c(=S)n2)c1. The molecule has 0 saturated carbocycles. The van der Waals surface area contributed by atoms with E-state index < -0.39 is 0 Å². The second kappa shape index (κ2) is 4.18. The van der Waals surface area contributed by atoms with Gasteiger partial charge in [-0.05, 0) is 36.8 Å². The standard InChI is InChI=1S/C10H10N4S/c1-7-3-2-4-8(5-7)12-9-6-11-14-10(15)13-9/h2-6H,1H3,(H2,12,13,14,15). The number of nitrogens with zero attached hydrogens (tertiary/aromatic N) is 2. The Morgan fingerprint density at radius 3 is 3.00 bits per heavy atom. The fourth-order valence-electron chi connectivity index (χ4n) is 1.24. The molecule has 76 valence electrons. The van der Waals surface area contributed by atoms with Crippen LogP contribution in [0.2, 0.25) is 0 Å². The second-order valence-corrected chi connectivity index (χ2v) is 3.55.